The summed E-state index contributed by atoms with van der Waals surface area (Å²) in [6.07, 6.45) is 0. The molecule has 0 radical (unpaired) electrons. The molecule has 5 nitrogen and oxygen atoms in total. The molecule has 1 aliphatic rings. The summed E-state index contributed by atoms with van der Waals surface area (Å²) in [6.45, 7) is 0.920. The van der Waals surface area contributed by atoms with Crippen LogP contribution in [-0.4, -0.2) is 48.1 Å². The number of amides is 2. The Labute approximate surface area is 108 Å². The molecule has 0 bridgehead atoms. The maximum atomic E-state index is 12.1. The van der Waals surface area contributed by atoms with Crippen LogP contribution in [0.25, 0.3) is 0 Å². The zero-order valence-electron chi connectivity index (χ0n) is 9.60. The van der Waals surface area contributed by atoms with Crippen LogP contribution in [0, 0.1) is 11.8 Å². The Hall–Kier alpha value is -1.84. The van der Waals surface area contributed by atoms with Crippen molar-refractivity contribution in [1.82, 2.24) is 10.2 Å². The van der Waals surface area contributed by atoms with Gasteiger partial charge in [-0.15, -0.1) is 11.3 Å². The quantitative estimate of drug-likeness (QED) is 0.682. The van der Waals surface area contributed by atoms with Gasteiger partial charge in [0.15, 0.2) is 0 Å². The van der Waals surface area contributed by atoms with E-state index < -0.39 is 0 Å². The molecule has 0 atom stereocenters. The van der Waals surface area contributed by atoms with Crippen molar-refractivity contribution in [2.45, 2.75) is 0 Å². The van der Waals surface area contributed by atoms with Crippen LogP contribution in [0.5, 0.6) is 0 Å². The number of rotatable bonds is 1. The number of thiophene rings is 1. The van der Waals surface area contributed by atoms with Gasteiger partial charge in [-0.3, -0.25) is 9.59 Å². The van der Waals surface area contributed by atoms with E-state index in [2.05, 4.69) is 17.2 Å². The molecule has 1 aliphatic heterocycles. The molecule has 1 aromatic heterocycles. The van der Waals surface area contributed by atoms with Crippen molar-refractivity contribution in [2.75, 3.05) is 26.2 Å². The van der Waals surface area contributed by atoms with Gasteiger partial charge in [-0.1, -0.05) is 11.8 Å². The fraction of sp³-hybridized carbons (Fsp3) is 0.333. The molecule has 0 aromatic carbocycles. The largest absolute Gasteiger partial charge is 0.384 e. The molecule has 2 N–H and O–H groups in total. The molecule has 2 rings (SSSR count). The van der Waals surface area contributed by atoms with Gasteiger partial charge in [-0.25, -0.2) is 0 Å². The SMILES string of the molecule is O=C1CN(C(=O)c2csc(C#CCO)c2)CCN1. The first-order chi connectivity index (χ1) is 8.70. The zero-order chi connectivity index (χ0) is 13.0. The molecule has 0 unspecified atom stereocenters. The first-order valence-corrected chi connectivity index (χ1v) is 6.33. The summed E-state index contributed by atoms with van der Waals surface area (Å²) < 4.78 is 0. The maximum Gasteiger partial charge on any atom is 0.255 e. The van der Waals surface area contributed by atoms with Gasteiger partial charge in [0.05, 0.1) is 17.0 Å². The Bertz CT molecular complexity index is 527. The van der Waals surface area contributed by atoms with Crippen molar-refractivity contribution < 1.29 is 14.7 Å². The summed E-state index contributed by atoms with van der Waals surface area (Å²) >= 11 is 1.35. The average Bonchev–Trinajstić information content (AvgIpc) is 2.84. The molecule has 0 aliphatic carbocycles. The summed E-state index contributed by atoms with van der Waals surface area (Å²) in [7, 11) is 0. The molecule has 0 spiro atoms. The number of aliphatic hydroxyl groups is 1. The smallest absolute Gasteiger partial charge is 0.255 e. The predicted molar refractivity (Wildman–Crippen MR) is 67.2 cm³/mol. The molecule has 1 fully saturated rings. The molecule has 18 heavy (non-hydrogen) atoms. The third kappa shape index (κ3) is 2.88. The molecule has 1 aromatic rings. The Morgan fingerprint density at radius 1 is 1.61 bits per heavy atom. The molecule has 1 saturated heterocycles. The van der Waals surface area contributed by atoms with Crippen molar-refractivity contribution in [2.24, 2.45) is 0 Å². The van der Waals surface area contributed by atoms with Gasteiger partial charge in [0.1, 0.15) is 6.61 Å². The summed E-state index contributed by atoms with van der Waals surface area (Å²) in [6, 6.07) is 1.68. The fourth-order valence-corrected chi connectivity index (χ4v) is 2.38. The van der Waals surface area contributed by atoms with Crippen LogP contribution < -0.4 is 5.32 Å². The Balaban J connectivity index is 2.08. The monoisotopic (exact) mass is 264 g/mol. The standard InChI is InChI=1S/C12H12N2O3S/c15-5-1-2-10-6-9(8-18-10)12(17)14-4-3-13-11(16)7-14/h6,8,15H,3-5,7H2,(H,13,16). The van der Waals surface area contributed by atoms with Crippen LogP contribution in [-0.2, 0) is 4.79 Å². The first-order valence-electron chi connectivity index (χ1n) is 5.45. The average molecular weight is 264 g/mol. The van der Waals surface area contributed by atoms with Crippen LogP contribution in [0.3, 0.4) is 0 Å². The summed E-state index contributed by atoms with van der Waals surface area (Å²) in [4.78, 5) is 25.5. The van der Waals surface area contributed by atoms with E-state index >= 15 is 0 Å². The van der Waals surface area contributed by atoms with Gasteiger partial charge < -0.3 is 15.3 Å². The Kier molecular flexibility index (Phi) is 3.97. The normalized spacial score (nSPS) is 14.7. The summed E-state index contributed by atoms with van der Waals surface area (Å²) in [5.74, 6) is 4.99. The van der Waals surface area contributed by atoms with E-state index in [4.69, 9.17) is 5.11 Å². The van der Waals surface area contributed by atoms with Gasteiger partial charge in [0, 0.05) is 18.5 Å². The van der Waals surface area contributed by atoms with E-state index in [0.29, 0.717) is 18.7 Å². The van der Waals surface area contributed by atoms with Crippen molar-refractivity contribution in [3.8, 4) is 11.8 Å². The fourth-order valence-electron chi connectivity index (χ4n) is 1.64. The van der Waals surface area contributed by atoms with E-state index in [1.807, 2.05) is 0 Å². The lowest BCUT2D eigenvalue weighted by Gasteiger charge is -2.26. The van der Waals surface area contributed by atoms with Gasteiger partial charge in [0.2, 0.25) is 5.91 Å². The molecular formula is C12H12N2O3S. The summed E-state index contributed by atoms with van der Waals surface area (Å²) in [5, 5.41) is 13.0. The lowest BCUT2D eigenvalue weighted by atomic mass is 10.2. The Morgan fingerprint density at radius 3 is 3.17 bits per heavy atom. The molecule has 94 valence electrons. The van der Waals surface area contributed by atoms with E-state index in [9.17, 15) is 9.59 Å². The molecule has 2 heterocycles. The minimum absolute atomic E-state index is 0.104. The van der Waals surface area contributed by atoms with Crippen molar-refractivity contribution in [1.29, 1.82) is 0 Å². The van der Waals surface area contributed by atoms with Gasteiger partial charge in [-0.05, 0) is 6.07 Å². The molecular weight excluding hydrogens is 252 g/mol. The van der Waals surface area contributed by atoms with E-state index in [0.717, 1.165) is 4.88 Å². The second kappa shape index (κ2) is 5.67. The zero-order valence-corrected chi connectivity index (χ0v) is 10.4. The minimum Gasteiger partial charge on any atom is -0.384 e. The van der Waals surface area contributed by atoms with Crippen molar-refractivity contribution >= 4 is 23.2 Å². The number of nitrogens with one attached hydrogen (secondary N) is 1. The third-order valence-electron chi connectivity index (χ3n) is 2.46. The second-order valence-electron chi connectivity index (χ2n) is 3.74. The lowest BCUT2D eigenvalue weighted by molar-refractivity contribution is -0.123. The molecule has 2 amide bonds. The van der Waals surface area contributed by atoms with Crippen molar-refractivity contribution in [3.63, 3.8) is 0 Å². The molecule has 6 heteroatoms. The minimum atomic E-state index is -0.201. The van der Waals surface area contributed by atoms with Crippen LogP contribution in [0.1, 0.15) is 15.2 Å². The van der Waals surface area contributed by atoms with Gasteiger partial charge in [-0.2, -0.15) is 0 Å². The topological polar surface area (TPSA) is 69.6 Å². The highest BCUT2D eigenvalue weighted by atomic mass is 32.1. The van der Waals surface area contributed by atoms with Crippen molar-refractivity contribution in [3.05, 3.63) is 21.9 Å². The van der Waals surface area contributed by atoms with E-state index in [1.165, 1.54) is 16.2 Å². The van der Waals surface area contributed by atoms with E-state index in [1.54, 1.807) is 11.4 Å². The van der Waals surface area contributed by atoms with Gasteiger partial charge in [0.25, 0.3) is 5.91 Å². The number of hydrogen-bond donors (Lipinski definition) is 2. The summed E-state index contributed by atoms with van der Waals surface area (Å²) in [5.41, 5.74) is 0.539. The Morgan fingerprint density at radius 2 is 2.44 bits per heavy atom. The second-order valence-corrected chi connectivity index (χ2v) is 4.65. The number of carbonyl (C=O) groups excluding carboxylic acids is 2. The number of hydrogen-bond acceptors (Lipinski definition) is 4. The number of piperazine rings is 1. The maximum absolute atomic E-state index is 12.1. The number of nitrogens with zero attached hydrogens (tertiary/aromatic N) is 1. The predicted octanol–water partition coefficient (Wildman–Crippen LogP) is -0.336. The molecule has 0 saturated carbocycles. The first kappa shape index (κ1) is 12.6. The van der Waals surface area contributed by atoms with Crippen LogP contribution in [0.15, 0.2) is 11.4 Å². The van der Waals surface area contributed by atoms with Crippen LogP contribution >= 0.6 is 11.3 Å². The van der Waals surface area contributed by atoms with E-state index in [-0.39, 0.29) is 25.0 Å². The van der Waals surface area contributed by atoms with Crippen LogP contribution in [0.4, 0.5) is 0 Å². The highest BCUT2D eigenvalue weighted by molar-refractivity contribution is 7.10. The number of aliphatic hydroxyl groups excluding tert-OH is 1. The highest BCUT2D eigenvalue weighted by Gasteiger charge is 2.22. The third-order valence-corrected chi connectivity index (χ3v) is 3.31. The number of carbonyl (C=O) groups is 2. The highest BCUT2D eigenvalue weighted by Crippen LogP contribution is 2.15. The van der Waals surface area contributed by atoms with Gasteiger partial charge >= 0.3 is 0 Å². The lowest BCUT2D eigenvalue weighted by Crippen LogP contribution is -2.49. The van der Waals surface area contributed by atoms with Crippen LogP contribution in [0.2, 0.25) is 0 Å².